The van der Waals surface area contributed by atoms with Crippen molar-refractivity contribution < 1.29 is 9.13 Å². The van der Waals surface area contributed by atoms with Gasteiger partial charge >= 0.3 is 0 Å². The summed E-state index contributed by atoms with van der Waals surface area (Å²) >= 11 is 0. The third-order valence-corrected chi connectivity index (χ3v) is 2.17. The van der Waals surface area contributed by atoms with Crippen LogP contribution in [0.4, 0.5) is 4.39 Å². The maximum Gasteiger partial charge on any atom is 0.138 e. The van der Waals surface area contributed by atoms with E-state index in [4.69, 9.17) is 4.74 Å². The highest BCUT2D eigenvalue weighted by Gasteiger charge is 2.11. The van der Waals surface area contributed by atoms with Crippen molar-refractivity contribution in [1.82, 2.24) is 0 Å². The number of benzene rings is 1. The molecule has 14 heavy (non-hydrogen) atoms. The molecule has 1 aromatic rings. The molecule has 0 N–H and O–H groups in total. The number of ether oxygens (including phenoxy) is 1. The first-order valence-electron chi connectivity index (χ1n) is 4.74. The molecule has 1 atom stereocenters. The molecular weight excluding hydrogens is 179 g/mol. The summed E-state index contributed by atoms with van der Waals surface area (Å²) in [6.45, 7) is 0.774. The molecule has 1 nitrogen and oxygen atoms in total. The molecule has 2 heteroatoms. The minimum Gasteiger partial charge on any atom is -0.366 e. The standard InChI is InChI=1S/C12H11FO/c13-12-6-2-1-4-10(12)7-8-11-5-3-9-14-11/h1-2,4,6,11H,3,5,9H2/t11-/m0/s1. The van der Waals surface area contributed by atoms with Gasteiger partial charge in [-0.05, 0) is 25.0 Å². The van der Waals surface area contributed by atoms with Crippen LogP contribution in [0, 0.1) is 17.7 Å². The van der Waals surface area contributed by atoms with Gasteiger partial charge in [-0.2, -0.15) is 0 Å². The Hall–Kier alpha value is -1.33. The third kappa shape index (κ3) is 2.12. The second-order valence-electron chi connectivity index (χ2n) is 3.25. The molecule has 1 aliphatic rings. The normalized spacial score (nSPS) is 20.2. The Morgan fingerprint density at radius 2 is 2.21 bits per heavy atom. The van der Waals surface area contributed by atoms with E-state index >= 15 is 0 Å². The highest BCUT2D eigenvalue weighted by Crippen LogP contribution is 2.11. The average molecular weight is 190 g/mol. The zero-order chi connectivity index (χ0) is 9.80. The Kier molecular flexibility index (Phi) is 2.81. The van der Waals surface area contributed by atoms with Gasteiger partial charge in [-0.1, -0.05) is 24.0 Å². The first-order chi connectivity index (χ1) is 6.86. The second-order valence-corrected chi connectivity index (χ2v) is 3.25. The minimum atomic E-state index is -0.266. The maximum atomic E-state index is 13.1. The Morgan fingerprint density at radius 1 is 1.36 bits per heavy atom. The molecule has 1 aromatic carbocycles. The van der Waals surface area contributed by atoms with Crippen LogP contribution in [0.5, 0.6) is 0 Å². The van der Waals surface area contributed by atoms with Gasteiger partial charge in [0.2, 0.25) is 0 Å². The summed E-state index contributed by atoms with van der Waals surface area (Å²) in [4.78, 5) is 0. The van der Waals surface area contributed by atoms with Crippen LogP contribution in [0.15, 0.2) is 24.3 Å². The van der Waals surface area contributed by atoms with E-state index in [9.17, 15) is 4.39 Å². The topological polar surface area (TPSA) is 9.23 Å². The van der Waals surface area contributed by atoms with Gasteiger partial charge in [0.25, 0.3) is 0 Å². The molecule has 72 valence electrons. The fraction of sp³-hybridized carbons (Fsp3) is 0.333. The fourth-order valence-corrected chi connectivity index (χ4v) is 1.41. The van der Waals surface area contributed by atoms with E-state index in [0.717, 1.165) is 19.4 Å². The summed E-state index contributed by atoms with van der Waals surface area (Å²) in [5.41, 5.74) is 0.447. The lowest BCUT2D eigenvalue weighted by molar-refractivity contribution is 0.152. The zero-order valence-corrected chi connectivity index (χ0v) is 7.79. The predicted molar refractivity (Wildman–Crippen MR) is 52.3 cm³/mol. The van der Waals surface area contributed by atoms with Crippen molar-refractivity contribution in [1.29, 1.82) is 0 Å². The summed E-state index contributed by atoms with van der Waals surface area (Å²) in [5.74, 6) is 5.47. The maximum absolute atomic E-state index is 13.1. The Morgan fingerprint density at radius 3 is 2.93 bits per heavy atom. The van der Waals surface area contributed by atoms with E-state index in [2.05, 4.69) is 11.8 Å². The summed E-state index contributed by atoms with van der Waals surface area (Å²) in [5, 5.41) is 0. The van der Waals surface area contributed by atoms with Crippen LogP contribution >= 0.6 is 0 Å². The quantitative estimate of drug-likeness (QED) is 0.570. The Balaban J connectivity index is 2.12. The summed E-state index contributed by atoms with van der Waals surface area (Å²) in [6, 6.07) is 6.53. The molecule has 2 rings (SSSR count). The van der Waals surface area contributed by atoms with Crippen LogP contribution in [0.25, 0.3) is 0 Å². The van der Waals surface area contributed by atoms with Crippen molar-refractivity contribution in [2.75, 3.05) is 6.61 Å². The minimum absolute atomic E-state index is 0.00499. The van der Waals surface area contributed by atoms with Gasteiger partial charge in [0.15, 0.2) is 0 Å². The number of halogens is 1. The van der Waals surface area contributed by atoms with E-state index in [1.165, 1.54) is 6.07 Å². The average Bonchev–Trinajstić information content (AvgIpc) is 2.69. The van der Waals surface area contributed by atoms with E-state index in [1.54, 1.807) is 18.2 Å². The molecule has 1 heterocycles. The largest absolute Gasteiger partial charge is 0.366 e. The highest BCUT2D eigenvalue weighted by molar-refractivity contribution is 5.36. The highest BCUT2D eigenvalue weighted by atomic mass is 19.1. The Labute approximate surface area is 82.9 Å². The summed E-state index contributed by atoms with van der Waals surface area (Å²) < 4.78 is 18.4. The fourth-order valence-electron chi connectivity index (χ4n) is 1.41. The van der Waals surface area contributed by atoms with E-state index in [1.807, 2.05) is 0 Å². The summed E-state index contributed by atoms with van der Waals surface area (Å²) in [6.07, 6.45) is 2.01. The van der Waals surface area contributed by atoms with Crippen LogP contribution < -0.4 is 0 Å². The van der Waals surface area contributed by atoms with Crippen molar-refractivity contribution in [3.05, 3.63) is 35.6 Å². The first kappa shape index (κ1) is 9.23. The number of rotatable bonds is 0. The van der Waals surface area contributed by atoms with Crippen LogP contribution in [-0.4, -0.2) is 12.7 Å². The van der Waals surface area contributed by atoms with Crippen LogP contribution in [0.3, 0.4) is 0 Å². The van der Waals surface area contributed by atoms with Gasteiger partial charge in [-0.25, -0.2) is 4.39 Å². The molecule has 1 fully saturated rings. The first-order valence-corrected chi connectivity index (χ1v) is 4.74. The predicted octanol–water partition coefficient (Wildman–Crippen LogP) is 2.36. The van der Waals surface area contributed by atoms with Gasteiger partial charge < -0.3 is 4.74 Å². The summed E-state index contributed by atoms with van der Waals surface area (Å²) in [7, 11) is 0. The lowest BCUT2D eigenvalue weighted by atomic mass is 10.2. The van der Waals surface area contributed by atoms with Gasteiger partial charge in [0.1, 0.15) is 11.9 Å². The molecule has 1 saturated heterocycles. The number of hydrogen-bond donors (Lipinski definition) is 0. The van der Waals surface area contributed by atoms with Crippen LogP contribution in [0.2, 0.25) is 0 Å². The van der Waals surface area contributed by atoms with E-state index in [-0.39, 0.29) is 11.9 Å². The molecular formula is C12H11FO. The molecule has 0 saturated carbocycles. The monoisotopic (exact) mass is 190 g/mol. The van der Waals surface area contributed by atoms with Crippen molar-refractivity contribution in [3.63, 3.8) is 0 Å². The zero-order valence-electron chi connectivity index (χ0n) is 7.79. The molecule has 0 unspecified atom stereocenters. The second kappa shape index (κ2) is 4.26. The van der Waals surface area contributed by atoms with Crippen molar-refractivity contribution >= 4 is 0 Å². The smallest absolute Gasteiger partial charge is 0.138 e. The molecule has 0 radical (unpaired) electrons. The van der Waals surface area contributed by atoms with Gasteiger partial charge in [-0.3, -0.25) is 0 Å². The van der Waals surface area contributed by atoms with Crippen molar-refractivity contribution in [3.8, 4) is 11.8 Å². The molecule has 0 bridgehead atoms. The molecule has 0 amide bonds. The van der Waals surface area contributed by atoms with Gasteiger partial charge in [0, 0.05) is 6.61 Å². The number of hydrogen-bond acceptors (Lipinski definition) is 1. The van der Waals surface area contributed by atoms with Gasteiger partial charge in [-0.15, -0.1) is 0 Å². The lowest BCUT2D eigenvalue weighted by Gasteiger charge is -1.97. The van der Waals surface area contributed by atoms with Crippen LogP contribution in [0.1, 0.15) is 18.4 Å². The Bertz CT molecular complexity index is 369. The lowest BCUT2D eigenvalue weighted by Crippen LogP contribution is -1.99. The SMILES string of the molecule is Fc1ccccc1C#C[C@@H]1CCCO1. The van der Waals surface area contributed by atoms with Gasteiger partial charge in [0.05, 0.1) is 5.56 Å². The van der Waals surface area contributed by atoms with Crippen LogP contribution in [-0.2, 0) is 4.74 Å². The van der Waals surface area contributed by atoms with E-state index in [0.29, 0.717) is 5.56 Å². The van der Waals surface area contributed by atoms with Crippen molar-refractivity contribution in [2.24, 2.45) is 0 Å². The molecule has 0 spiro atoms. The molecule has 0 aromatic heterocycles. The molecule has 1 aliphatic heterocycles. The molecule has 0 aliphatic carbocycles. The van der Waals surface area contributed by atoms with Crippen molar-refractivity contribution in [2.45, 2.75) is 18.9 Å². The third-order valence-electron chi connectivity index (χ3n) is 2.17. The van der Waals surface area contributed by atoms with E-state index < -0.39 is 0 Å².